The first-order valence-corrected chi connectivity index (χ1v) is 10.6. The Hall–Kier alpha value is -4.05. The number of aromatic nitrogens is 2. The molecule has 0 amide bonds. The molecule has 0 radical (unpaired) electrons. The van der Waals surface area contributed by atoms with E-state index in [1.54, 1.807) is 18.5 Å². The van der Waals surface area contributed by atoms with Gasteiger partial charge in [0.05, 0.1) is 5.69 Å². The molecule has 1 N–H and O–H groups in total. The Kier molecular flexibility index (Phi) is 5.34. The SMILES string of the molecule is Cc1cccc(-c2ccc(CNc3nccc4cc(-c5cccc(F)c5)ncc34)cc2)c1. The maximum absolute atomic E-state index is 13.6. The van der Waals surface area contributed by atoms with Crippen molar-refractivity contribution in [1.29, 1.82) is 0 Å². The van der Waals surface area contributed by atoms with Crippen molar-refractivity contribution in [2.24, 2.45) is 0 Å². The fourth-order valence-electron chi connectivity index (χ4n) is 3.84. The predicted molar refractivity (Wildman–Crippen MR) is 129 cm³/mol. The van der Waals surface area contributed by atoms with Gasteiger partial charge < -0.3 is 5.32 Å². The molecule has 0 spiro atoms. The van der Waals surface area contributed by atoms with Crippen LogP contribution in [0.1, 0.15) is 11.1 Å². The Morgan fingerprint density at radius 3 is 2.41 bits per heavy atom. The molecular weight excluding hydrogens is 397 g/mol. The van der Waals surface area contributed by atoms with E-state index < -0.39 is 0 Å². The molecule has 3 aromatic carbocycles. The van der Waals surface area contributed by atoms with Crippen LogP contribution >= 0.6 is 0 Å². The first-order chi connectivity index (χ1) is 15.7. The molecule has 0 unspecified atom stereocenters. The molecular formula is C28H22FN3. The second kappa shape index (κ2) is 8.60. The van der Waals surface area contributed by atoms with Gasteiger partial charge in [0.25, 0.3) is 0 Å². The molecule has 156 valence electrons. The monoisotopic (exact) mass is 419 g/mol. The van der Waals surface area contributed by atoms with Gasteiger partial charge in [-0.1, -0.05) is 66.2 Å². The number of rotatable bonds is 5. The minimum absolute atomic E-state index is 0.269. The van der Waals surface area contributed by atoms with Crippen LogP contribution in [0.5, 0.6) is 0 Å². The molecule has 5 rings (SSSR count). The van der Waals surface area contributed by atoms with E-state index in [0.717, 1.165) is 27.8 Å². The first kappa shape index (κ1) is 19.9. The van der Waals surface area contributed by atoms with Gasteiger partial charge in [-0.2, -0.15) is 0 Å². The van der Waals surface area contributed by atoms with Crippen LogP contribution in [0.4, 0.5) is 10.2 Å². The molecule has 32 heavy (non-hydrogen) atoms. The molecule has 2 aromatic heterocycles. The van der Waals surface area contributed by atoms with Crippen molar-refractivity contribution in [3.05, 3.63) is 114 Å². The van der Waals surface area contributed by atoms with Crippen molar-refractivity contribution in [3.63, 3.8) is 0 Å². The summed E-state index contributed by atoms with van der Waals surface area (Å²) in [5, 5.41) is 5.37. The van der Waals surface area contributed by atoms with Gasteiger partial charge >= 0.3 is 0 Å². The summed E-state index contributed by atoms with van der Waals surface area (Å²) in [4.78, 5) is 9.04. The van der Waals surface area contributed by atoms with Crippen molar-refractivity contribution in [2.75, 3.05) is 5.32 Å². The number of hydrogen-bond donors (Lipinski definition) is 1. The third-order valence-corrected chi connectivity index (χ3v) is 5.53. The number of pyridine rings is 2. The molecule has 0 aliphatic carbocycles. The van der Waals surface area contributed by atoms with Crippen LogP contribution in [-0.4, -0.2) is 9.97 Å². The van der Waals surface area contributed by atoms with E-state index in [0.29, 0.717) is 6.54 Å². The number of benzene rings is 3. The van der Waals surface area contributed by atoms with E-state index in [9.17, 15) is 4.39 Å². The summed E-state index contributed by atoms with van der Waals surface area (Å²) < 4.78 is 13.6. The molecule has 0 aliphatic rings. The highest BCUT2D eigenvalue weighted by Gasteiger charge is 2.07. The number of nitrogens with one attached hydrogen (secondary N) is 1. The van der Waals surface area contributed by atoms with Crippen molar-refractivity contribution in [1.82, 2.24) is 9.97 Å². The third kappa shape index (κ3) is 4.21. The smallest absolute Gasteiger partial charge is 0.135 e. The van der Waals surface area contributed by atoms with Gasteiger partial charge in [0.1, 0.15) is 11.6 Å². The standard InChI is InChI=1S/C28H22FN3/c1-19-4-2-5-22(14-19)21-10-8-20(9-11-21)17-32-28-26-18-31-27(16-23(26)12-13-30-28)24-6-3-7-25(29)15-24/h2-16,18H,17H2,1H3,(H,30,32). The summed E-state index contributed by atoms with van der Waals surface area (Å²) in [6.45, 7) is 2.76. The lowest BCUT2D eigenvalue weighted by atomic mass is 10.0. The van der Waals surface area contributed by atoms with Gasteiger partial charge in [0.15, 0.2) is 0 Å². The Labute approximate surface area is 186 Å². The Morgan fingerprint density at radius 1 is 0.781 bits per heavy atom. The lowest BCUT2D eigenvalue weighted by Gasteiger charge is -2.11. The van der Waals surface area contributed by atoms with E-state index in [1.165, 1.54) is 34.4 Å². The average molecular weight is 420 g/mol. The first-order valence-electron chi connectivity index (χ1n) is 10.6. The second-order valence-electron chi connectivity index (χ2n) is 7.88. The van der Waals surface area contributed by atoms with Crippen LogP contribution in [0.3, 0.4) is 0 Å². The fraction of sp³-hybridized carbons (Fsp3) is 0.0714. The number of hydrogen-bond acceptors (Lipinski definition) is 3. The molecule has 5 aromatic rings. The summed E-state index contributed by atoms with van der Waals surface area (Å²) in [6.07, 6.45) is 3.58. The topological polar surface area (TPSA) is 37.8 Å². The molecule has 3 nitrogen and oxygen atoms in total. The van der Waals surface area contributed by atoms with Crippen molar-refractivity contribution < 1.29 is 4.39 Å². The highest BCUT2D eigenvalue weighted by atomic mass is 19.1. The van der Waals surface area contributed by atoms with Crippen LogP contribution < -0.4 is 5.32 Å². The van der Waals surface area contributed by atoms with Crippen molar-refractivity contribution in [2.45, 2.75) is 13.5 Å². The molecule has 0 saturated heterocycles. The van der Waals surface area contributed by atoms with Gasteiger partial charge in [-0.3, -0.25) is 4.98 Å². The summed E-state index contributed by atoms with van der Waals surface area (Å²) in [7, 11) is 0. The van der Waals surface area contributed by atoms with Crippen molar-refractivity contribution >= 4 is 16.6 Å². The van der Waals surface area contributed by atoms with Crippen LogP contribution in [-0.2, 0) is 6.54 Å². The van der Waals surface area contributed by atoms with Gasteiger partial charge in [-0.25, -0.2) is 9.37 Å². The fourth-order valence-corrected chi connectivity index (χ4v) is 3.84. The summed E-state index contributed by atoms with van der Waals surface area (Å²) in [5.41, 5.74) is 6.34. The highest BCUT2D eigenvalue weighted by molar-refractivity contribution is 5.93. The van der Waals surface area contributed by atoms with E-state index >= 15 is 0 Å². The minimum Gasteiger partial charge on any atom is -0.365 e. The van der Waals surface area contributed by atoms with Crippen LogP contribution in [0.15, 0.2) is 97.3 Å². The molecule has 0 bridgehead atoms. The number of nitrogens with zero attached hydrogens (tertiary/aromatic N) is 2. The van der Waals surface area contributed by atoms with Crippen LogP contribution in [0.2, 0.25) is 0 Å². The van der Waals surface area contributed by atoms with Crippen LogP contribution in [0.25, 0.3) is 33.2 Å². The minimum atomic E-state index is -0.269. The van der Waals surface area contributed by atoms with Gasteiger partial charge in [-0.15, -0.1) is 0 Å². The van der Waals surface area contributed by atoms with Gasteiger partial charge in [0.2, 0.25) is 0 Å². The number of aryl methyl sites for hydroxylation is 1. The quantitative estimate of drug-likeness (QED) is 0.332. The Balaban J connectivity index is 1.35. The van der Waals surface area contributed by atoms with E-state index in [-0.39, 0.29) is 5.82 Å². The van der Waals surface area contributed by atoms with E-state index in [1.807, 2.05) is 18.2 Å². The molecule has 0 atom stereocenters. The largest absolute Gasteiger partial charge is 0.365 e. The maximum Gasteiger partial charge on any atom is 0.135 e. The normalized spacial score (nSPS) is 10.9. The van der Waals surface area contributed by atoms with E-state index in [2.05, 4.69) is 70.7 Å². The Morgan fingerprint density at radius 2 is 1.59 bits per heavy atom. The average Bonchev–Trinajstić information content (AvgIpc) is 2.82. The van der Waals surface area contributed by atoms with Crippen LogP contribution in [0, 0.1) is 12.7 Å². The predicted octanol–water partition coefficient (Wildman–Crippen LogP) is 7.02. The van der Waals surface area contributed by atoms with E-state index in [4.69, 9.17) is 0 Å². The summed E-state index contributed by atoms with van der Waals surface area (Å²) in [6, 6.07) is 27.5. The zero-order chi connectivity index (χ0) is 21.9. The van der Waals surface area contributed by atoms with Crippen molar-refractivity contribution in [3.8, 4) is 22.4 Å². The zero-order valence-corrected chi connectivity index (χ0v) is 17.7. The number of fused-ring (bicyclic) bond motifs is 1. The molecule has 0 saturated carbocycles. The summed E-state index contributed by atoms with van der Waals surface area (Å²) in [5.74, 6) is 0.512. The Bertz CT molecular complexity index is 1390. The lowest BCUT2D eigenvalue weighted by Crippen LogP contribution is -2.02. The molecule has 0 fully saturated rings. The molecule has 2 heterocycles. The van der Waals surface area contributed by atoms with Gasteiger partial charge in [0, 0.05) is 29.9 Å². The summed E-state index contributed by atoms with van der Waals surface area (Å²) >= 11 is 0. The maximum atomic E-state index is 13.6. The molecule has 0 aliphatic heterocycles. The molecule has 4 heteroatoms. The second-order valence-corrected chi connectivity index (χ2v) is 7.88. The highest BCUT2D eigenvalue weighted by Crippen LogP contribution is 2.26. The van der Waals surface area contributed by atoms with Gasteiger partial charge in [-0.05, 0) is 53.3 Å². The number of anilines is 1. The number of halogens is 1. The third-order valence-electron chi connectivity index (χ3n) is 5.53. The zero-order valence-electron chi connectivity index (χ0n) is 17.7. The lowest BCUT2D eigenvalue weighted by molar-refractivity contribution is 0.628.